The van der Waals surface area contributed by atoms with Crippen molar-refractivity contribution < 1.29 is 0 Å². The minimum Gasteiger partial charge on any atom is -0.371 e. The van der Waals surface area contributed by atoms with Crippen LogP contribution in [0.4, 0.5) is 0 Å². The monoisotopic (exact) mass is 344 g/mol. The predicted octanol–water partition coefficient (Wildman–Crippen LogP) is 3.90. The van der Waals surface area contributed by atoms with Gasteiger partial charge in [-0.2, -0.15) is 0 Å². The lowest BCUT2D eigenvalue weighted by atomic mass is 10.0. The largest absolute Gasteiger partial charge is 0.371 e. The molecule has 2 heterocycles. The van der Waals surface area contributed by atoms with Gasteiger partial charge >= 0.3 is 0 Å². The average molecular weight is 344 g/mol. The molecule has 3 rings (SSSR count). The van der Waals surface area contributed by atoms with E-state index in [4.69, 9.17) is 0 Å². The van der Waals surface area contributed by atoms with Crippen molar-refractivity contribution in [2.45, 2.75) is 20.3 Å². The molecule has 1 aromatic carbocycles. The van der Waals surface area contributed by atoms with Gasteiger partial charge < -0.3 is 10.6 Å². The Labute approximate surface area is 155 Å². The number of hydrogen-bond donors (Lipinski definition) is 2. The van der Waals surface area contributed by atoms with Gasteiger partial charge in [0.15, 0.2) is 0 Å². The van der Waals surface area contributed by atoms with Crippen LogP contribution in [0, 0.1) is 13.8 Å². The molecule has 1 aliphatic rings. The summed E-state index contributed by atoms with van der Waals surface area (Å²) < 4.78 is 0. The molecule has 2 N–H and O–H groups in total. The van der Waals surface area contributed by atoms with E-state index in [-0.39, 0.29) is 0 Å². The van der Waals surface area contributed by atoms with Gasteiger partial charge in [0.25, 0.3) is 0 Å². The van der Waals surface area contributed by atoms with E-state index in [2.05, 4.69) is 59.2 Å². The van der Waals surface area contributed by atoms with Crippen molar-refractivity contribution in [2.75, 3.05) is 6.54 Å². The van der Waals surface area contributed by atoms with Gasteiger partial charge in [0.1, 0.15) is 11.6 Å². The zero-order chi connectivity index (χ0) is 18.4. The molecule has 0 amide bonds. The van der Waals surface area contributed by atoms with Gasteiger partial charge in [-0.25, -0.2) is 4.99 Å². The summed E-state index contributed by atoms with van der Waals surface area (Å²) in [6.07, 6.45) is 8.27. The fourth-order valence-corrected chi connectivity index (χ4v) is 2.76. The van der Waals surface area contributed by atoms with Crippen molar-refractivity contribution in [3.8, 4) is 0 Å². The van der Waals surface area contributed by atoms with Gasteiger partial charge in [-0.15, -0.1) is 0 Å². The Kier molecular flexibility index (Phi) is 5.64. The van der Waals surface area contributed by atoms with E-state index < -0.39 is 0 Å². The number of aliphatic imine (C=N–C) groups is 1. The fourth-order valence-electron chi connectivity index (χ4n) is 2.76. The molecule has 0 aliphatic carbocycles. The predicted molar refractivity (Wildman–Crippen MR) is 109 cm³/mol. The van der Waals surface area contributed by atoms with Crippen LogP contribution >= 0.6 is 0 Å². The van der Waals surface area contributed by atoms with Crippen LogP contribution in [0.3, 0.4) is 0 Å². The number of pyridine rings is 1. The van der Waals surface area contributed by atoms with Crippen molar-refractivity contribution in [2.24, 2.45) is 4.99 Å². The molecule has 0 spiro atoms. The lowest BCUT2D eigenvalue weighted by Gasteiger charge is -2.19. The summed E-state index contributed by atoms with van der Waals surface area (Å²) in [5.41, 5.74) is 5.70. The second-order valence-electron chi connectivity index (χ2n) is 6.25. The molecular formula is C22H24N4. The van der Waals surface area contributed by atoms with Crippen molar-refractivity contribution in [3.63, 3.8) is 0 Å². The van der Waals surface area contributed by atoms with Crippen LogP contribution in [-0.2, 0) is 6.42 Å². The number of rotatable bonds is 6. The molecule has 0 bridgehead atoms. The maximum atomic E-state index is 4.49. The Morgan fingerprint density at radius 3 is 2.81 bits per heavy atom. The second kappa shape index (κ2) is 8.30. The molecule has 2 aromatic rings. The summed E-state index contributed by atoms with van der Waals surface area (Å²) in [6, 6.07) is 12.4. The molecular weight excluding hydrogens is 320 g/mol. The SMILES string of the molecule is C=C/C(=C1/N=CC=C(NCCc2ccccn2)N1)c1ccc(C)c(C)c1. The third-order valence-electron chi connectivity index (χ3n) is 4.40. The van der Waals surface area contributed by atoms with Gasteiger partial charge in [-0.05, 0) is 48.7 Å². The Morgan fingerprint density at radius 1 is 1.19 bits per heavy atom. The minimum atomic E-state index is 0.796. The Balaban J connectivity index is 1.70. The lowest BCUT2D eigenvalue weighted by Crippen LogP contribution is -2.29. The molecule has 0 saturated carbocycles. The Hall–Kier alpha value is -3.14. The van der Waals surface area contributed by atoms with Crippen LogP contribution in [0.1, 0.15) is 22.4 Å². The van der Waals surface area contributed by atoms with Crippen LogP contribution in [0.2, 0.25) is 0 Å². The van der Waals surface area contributed by atoms with Crippen LogP contribution in [0.5, 0.6) is 0 Å². The van der Waals surface area contributed by atoms with Gasteiger partial charge in [-0.1, -0.05) is 36.9 Å². The smallest absolute Gasteiger partial charge is 0.139 e. The molecule has 0 atom stereocenters. The van der Waals surface area contributed by atoms with Crippen molar-refractivity contribution in [3.05, 3.63) is 95.4 Å². The number of nitrogens with zero attached hydrogens (tertiary/aromatic N) is 2. The highest BCUT2D eigenvalue weighted by atomic mass is 15.2. The quantitative estimate of drug-likeness (QED) is 0.835. The number of nitrogens with one attached hydrogen (secondary N) is 2. The third kappa shape index (κ3) is 4.28. The van der Waals surface area contributed by atoms with E-state index in [0.29, 0.717) is 0 Å². The summed E-state index contributed by atoms with van der Waals surface area (Å²) in [5, 5.41) is 6.76. The number of hydrogen-bond acceptors (Lipinski definition) is 4. The van der Waals surface area contributed by atoms with Gasteiger partial charge in [0, 0.05) is 36.6 Å². The molecule has 1 aliphatic heterocycles. The van der Waals surface area contributed by atoms with Crippen molar-refractivity contribution >= 4 is 11.8 Å². The fraction of sp³-hybridized carbons (Fsp3) is 0.182. The van der Waals surface area contributed by atoms with Crippen LogP contribution in [-0.4, -0.2) is 17.7 Å². The van der Waals surface area contributed by atoms with E-state index in [1.54, 1.807) is 6.21 Å². The zero-order valence-electron chi connectivity index (χ0n) is 15.3. The highest BCUT2D eigenvalue weighted by Gasteiger charge is 2.11. The first-order chi connectivity index (χ1) is 12.7. The zero-order valence-corrected chi connectivity index (χ0v) is 15.3. The van der Waals surface area contributed by atoms with E-state index in [0.717, 1.165) is 41.4 Å². The Morgan fingerprint density at radius 2 is 2.08 bits per heavy atom. The van der Waals surface area contributed by atoms with Crippen molar-refractivity contribution in [1.82, 2.24) is 15.6 Å². The number of allylic oxidation sites excluding steroid dienone is 3. The summed E-state index contributed by atoms with van der Waals surface area (Å²) in [6.45, 7) is 9.00. The standard InChI is InChI=1S/C22H24N4/c1-4-20(18-9-8-16(2)17(3)15-18)22-25-14-11-21(26-22)24-13-10-19-7-5-6-12-23-19/h4-9,11-12,14-15,24,26H,1,10,13H2,2-3H3/b22-20+. The first-order valence-corrected chi connectivity index (χ1v) is 8.77. The topological polar surface area (TPSA) is 49.3 Å². The highest BCUT2D eigenvalue weighted by molar-refractivity contribution is 5.82. The first-order valence-electron chi connectivity index (χ1n) is 8.77. The molecule has 0 radical (unpaired) electrons. The summed E-state index contributed by atoms with van der Waals surface area (Å²) >= 11 is 0. The van der Waals surface area contributed by atoms with E-state index >= 15 is 0 Å². The molecule has 0 unspecified atom stereocenters. The van der Waals surface area contributed by atoms with Gasteiger partial charge in [-0.3, -0.25) is 4.98 Å². The molecule has 132 valence electrons. The van der Waals surface area contributed by atoms with Crippen LogP contribution in [0.25, 0.3) is 5.57 Å². The molecule has 26 heavy (non-hydrogen) atoms. The van der Waals surface area contributed by atoms with Crippen LogP contribution < -0.4 is 10.6 Å². The number of aromatic nitrogens is 1. The average Bonchev–Trinajstić information content (AvgIpc) is 2.66. The maximum Gasteiger partial charge on any atom is 0.139 e. The highest BCUT2D eigenvalue weighted by Crippen LogP contribution is 2.23. The molecule has 0 fully saturated rings. The van der Waals surface area contributed by atoms with Crippen molar-refractivity contribution in [1.29, 1.82) is 0 Å². The summed E-state index contributed by atoms with van der Waals surface area (Å²) in [7, 11) is 0. The van der Waals surface area contributed by atoms with E-state index in [9.17, 15) is 0 Å². The summed E-state index contributed by atoms with van der Waals surface area (Å²) in [4.78, 5) is 8.83. The van der Waals surface area contributed by atoms with E-state index in [1.165, 1.54) is 11.1 Å². The molecule has 1 aromatic heterocycles. The molecule has 0 saturated heterocycles. The minimum absolute atomic E-state index is 0.796. The number of aryl methyl sites for hydroxylation is 2. The second-order valence-corrected chi connectivity index (χ2v) is 6.25. The maximum absolute atomic E-state index is 4.49. The first kappa shape index (κ1) is 17.7. The van der Waals surface area contributed by atoms with Gasteiger partial charge in [0.05, 0.1) is 0 Å². The normalized spacial score (nSPS) is 15.1. The Bertz CT molecular complexity index is 876. The number of benzene rings is 1. The molecule has 4 nitrogen and oxygen atoms in total. The van der Waals surface area contributed by atoms with Crippen LogP contribution in [0.15, 0.2) is 78.0 Å². The summed E-state index contributed by atoms with van der Waals surface area (Å²) in [5.74, 6) is 1.72. The third-order valence-corrected chi connectivity index (χ3v) is 4.40. The van der Waals surface area contributed by atoms with Gasteiger partial charge in [0.2, 0.25) is 0 Å². The molecule has 4 heteroatoms. The van der Waals surface area contributed by atoms with E-state index in [1.807, 2.05) is 36.5 Å². The lowest BCUT2D eigenvalue weighted by molar-refractivity contribution is 0.715.